The Bertz CT molecular complexity index is 1240. The van der Waals surface area contributed by atoms with Gasteiger partial charge < -0.3 is 9.15 Å². The molecular weight excluding hydrogens is 396 g/mol. The number of rotatable bonds is 4. The van der Waals surface area contributed by atoms with Crippen molar-refractivity contribution in [2.24, 2.45) is 4.99 Å². The van der Waals surface area contributed by atoms with Gasteiger partial charge in [-0.15, -0.1) is 11.3 Å². The maximum absolute atomic E-state index is 13.2. The molecule has 1 aliphatic heterocycles. The van der Waals surface area contributed by atoms with E-state index in [4.69, 9.17) is 9.15 Å². The number of aromatic nitrogens is 1. The third kappa shape index (κ3) is 3.18. The quantitative estimate of drug-likeness (QED) is 0.616. The minimum Gasteiger partial charge on any atom is -0.463 e. The second-order valence-electron chi connectivity index (χ2n) is 6.27. The monoisotopic (exact) mass is 414 g/mol. The second-order valence-corrected chi connectivity index (χ2v) is 8.25. The van der Waals surface area contributed by atoms with Crippen LogP contribution in [0.4, 0.5) is 0 Å². The van der Waals surface area contributed by atoms with E-state index in [0.717, 1.165) is 10.6 Å². The number of hydrogen-bond donors (Lipinski definition) is 0. The number of carbonyl (C=O) groups excluding carboxylic acids is 1. The van der Waals surface area contributed by atoms with Gasteiger partial charge in [0.2, 0.25) is 0 Å². The molecule has 0 radical (unpaired) electrons. The number of allylic oxidation sites excluding steroid dienone is 1. The second kappa shape index (κ2) is 7.37. The lowest BCUT2D eigenvalue weighted by Gasteiger charge is -2.23. The molecule has 3 aromatic rings. The highest BCUT2D eigenvalue weighted by Gasteiger charge is 2.33. The summed E-state index contributed by atoms with van der Waals surface area (Å²) in [5.41, 5.74) is 0.765. The summed E-state index contributed by atoms with van der Waals surface area (Å²) in [4.78, 5) is 31.9. The van der Waals surface area contributed by atoms with E-state index in [1.807, 2.05) is 36.6 Å². The molecule has 0 saturated heterocycles. The number of nitrogens with zero attached hydrogens (tertiary/aromatic N) is 2. The SMILES string of the molecule is CCOC(=O)C1=C(C)N=c2s/c(=C\c3ccc(C)o3)c(=O)n2C1c1cccs1. The molecular formula is C20H18N2O4S2. The number of fused-ring (bicyclic) bond motifs is 1. The first-order chi connectivity index (χ1) is 13.5. The zero-order valence-electron chi connectivity index (χ0n) is 15.6. The smallest absolute Gasteiger partial charge is 0.338 e. The lowest BCUT2D eigenvalue weighted by Crippen LogP contribution is -2.39. The van der Waals surface area contributed by atoms with Crippen LogP contribution >= 0.6 is 22.7 Å². The van der Waals surface area contributed by atoms with E-state index < -0.39 is 12.0 Å². The molecule has 0 fully saturated rings. The molecule has 0 saturated carbocycles. The average molecular weight is 415 g/mol. The van der Waals surface area contributed by atoms with Crippen molar-refractivity contribution < 1.29 is 13.9 Å². The van der Waals surface area contributed by atoms with E-state index in [1.165, 1.54) is 22.7 Å². The topological polar surface area (TPSA) is 73.8 Å². The predicted molar refractivity (Wildman–Crippen MR) is 108 cm³/mol. The van der Waals surface area contributed by atoms with E-state index in [9.17, 15) is 9.59 Å². The summed E-state index contributed by atoms with van der Waals surface area (Å²) in [7, 11) is 0. The lowest BCUT2D eigenvalue weighted by atomic mass is 10.0. The number of carbonyl (C=O) groups is 1. The summed E-state index contributed by atoms with van der Waals surface area (Å²) in [6, 6.07) is 6.94. The summed E-state index contributed by atoms with van der Waals surface area (Å²) in [6.07, 6.45) is 1.71. The number of ether oxygens (including phenoxy) is 1. The Hall–Kier alpha value is -2.71. The van der Waals surface area contributed by atoms with Gasteiger partial charge in [-0.05, 0) is 44.4 Å². The van der Waals surface area contributed by atoms with Gasteiger partial charge in [0, 0.05) is 11.0 Å². The van der Waals surface area contributed by atoms with Crippen molar-refractivity contribution in [2.75, 3.05) is 6.61 Å². The Labute approximate surface area is 168 Å². The third-order valence-corrected chi connectivity index (χ3v) is 6.27. The fourth-order valence-electron chi connectivity index (χ4n) is 3.17. The summed E-state index contributed by atoms with van der Waals surface area (Å²) in [6.45, 7) is 5.65. The van der Waals surface area contributed by atoms with Gasteiger partial charge in [0.15, 0.2) is 4.80 Å². The summed E-state index contributed by atoms with van der Waals surface area (Å²) in [5.74, 6) is 0.936. The Kier molecular flexibility index (Phi) is 4.91. The van der Waals surface area contributed by atoms with Crippen molar-refractivity contribution >= 4 is 34.7 Å². The summed E-state index contributed by atoms with van der Waals surface area (Å²) >= 11 is 2.78. The number of thiophene rings is 1. The van der Waals surface area contributed by atoms with Gasteiger partial charge in [-0.1, -0.05) is 17.4 Å². The van der Waals surface area contributed by atoms with Crippen molar-refractivity contribution in [3.05, 3.63) is 77.0 Å². The third-order valence-electron chi connectivity index (χ3n) is 4.36. The molecule has 0 N–H and O–H groups in total. The Morgan fingerprint density at radius 2 is 2.18 bits per heavy atom. The summed E-state index contributed by atoms with van der Waals surface area (Å²) in [5, 5.41) is 1.93. The maximum atomic E-state index is 13.2. The van der Waals surface area contributed by atoms with Gasteiger partial charge in [-0.25, -0.2) is 9.79 Å². The van der Waals surface area contributed by atoms with Crippen LogP contribution in [-0.2, 0) is 9.53 Å². The molecule has 3 aromatic heterocycles. The highest BCUT2D eigenvalue weighted by Crippen LogP contribution is 2.33. The first-order valence-electron chi connectivity index (χ1n) is 8.79. The molecule has 0 amide bonds. The number of hydrogen-bond acceptors (Lipinski definition) is 7. The van der Waals surface area contributed by atoms with Gasteiger partial charge in [-0.3, -0.25) is 9.36 Å². The Morgan fingerprint density at radius 3 is 2.82 bits per heavy atom. The van der Waals surface area contributed by atoms with Crippen molar-refractivity contribution in [1.29, 1.82) is 0 Å². The van der Waals surface area contributed by atoms with Crippen LogP contribution in [-0.4, -0.2) is 17.1 Å². The fraction of sp³-hybridized carbons (Fsp3) is 0.250. The van der Waals surface area contributed by atoms with Gasteiger partial charge in [0.25, 0.3) is 5.56 Å². The molecule has 8 heteroatoms. The van der Waals surface area contributed by atoms with Crippen molar-refractivity contribution in [1.82, 2.24) is 4.57 Å². The van der Waals surface area contributed by atoms with Gasteiger partial charge >= 0.3 is 5.97 Å². The number of aryl methyl sites for hydroxylation is 1. The maximum Gasteiger partial charge on any atom is 0.338 e. The van der Waals surface area contributed by atoms with Crippen molar-refractivity contribution in [2.45, 2.75) is 26.8 Å². The van der Waals surface area contributed by atoms with Gasteiger partial charge in [0.05, 0.1) is 22.4 Å². The predicted octanol–water partition coefficient (Wildman–Crippen LogP) is 2.76. The van der Waals surface area contributed by atoms with E-state index >= 15 is 0 Å². The minimum absolute atomic E-state index is 0.203. The van der Waals surface area contributed by atoms with Crippen LogP contribution in [0.15, 0.2) is 55.1 Å². The zero-order valence-corrected chi connectivity index (χ0v) is 17.2. The highest BCUT2D eigenvalue weighted by atomic mass is 32.1. The molecule has 6 nitrogen and oxygen atoms in total. The van der Waals surface area contributed by atoms with Crippen LogP contribution in [0.25, 0.3) is 6.08 Å². The molecule has 144 valence electrons. The first-order valence-corrected chi connectivity index (χ1v) is 10.5. The van der Waals surface area contributed by atoms with Gasteiger partial charge in [-0.2, -0.15) is 0 Å². The van der Waals surface area contributed by atoms with Crippen LogP contribution in [0.1, 0.15) is 36.3 Å². The van der Waals surface area contributed by atoms with E-state index in [1.54, 1.807) is 24.5 Å². The molecule has 0 aromatic carbocycles. The molecule has 1 unspecified atom stereocenters. The lowest BCUT2D eigenvalue weighted by molar-refractivity contribution is -0.139. The van der Waals surface area contributed by atoms with Crippen LogP contribution in [0.2, 0.25) is 0 Å². The molecule has 4 heterocycles. The molecule has 28 heavy (non-hydrogen) atoms. The average Bonchev–Trinajstić information content (AvgIpc) is 3.37. The first kappa shape index (κ1) is 18.6. The van der Waals surface area contributed by atoms with Crippen LogP contribution in [0.5, 0.6) is 0 Å². The van der Waals surface area contributed by atoms with Crippen molar-refractivity contribution in [3.8, 4) is 0 Å². The normalized spacial score (nSPS) is 16.8. The van der Waals surface area contributed by atoms with Crippen molar-refractivity contribution in [3.63, 3.8) is 0 Å². The van der Waals surface area contributed by atoms with Crippen LogP contribution in [0, 0.1) is 6.92 Å². The highest BCUT2D eigenvalue weighted by molar-refractivity contribution is 7.10. The molecule has 0 bridgehead atoms. The summed E-state index contributed by atoms with van der Waals surface area (Å²) < 4.78 is 12.9. The van der Waals surface area contributed by atoms with Crippen LogP contribution in [0.3, 0.4) is 0 Å². The number of esters is 1. The fourth-order valence-corrected chi connectivity index (χ4v) is 5.02. The number of furan rings is 1. The molecule has 1 aliphatic rings. The molecule has 1 atom stereocenters. The van der Waals surface area contributed by atoms with E-state index in [-0.39, 0.29) is 12.2 Å². The molecule has 0 aliphatic carbocycles. The largest absolute Gasteiger partial charge is 0.463 e. The number of thiazole rings is 1. The van der Waals surface area contributed by atoms with Crippen LogP contribution < -0.4 is 14.9 Å². The zero-order chi connectivity index (χ0) is 19.8. The van der Waals surface area contributed by atoms with Gasteiger partial charge in [0.1, 0.15) is 17.6 Å². The van der Waals surface area contributed by atoms with E-state index in [0.29, 0.717) is 26.4 Å². The standard InChI is InChI=1S/C20H18N2O4S2/c1-4-25-19(24)16-12(3)21-20-22(17(16)14-6-5-9-27-14)18(23)15(28-20)10-13-8-7-11(2)26-13/h5-10,17H,4H2,1-3H3/b15-10-. The van der Waals surface area contributed by atoms with E-state index in [2.05, 4.69) is 4.99 Å². The Morgan fingerprint density at radius 1 is 1.36 bits per heavy atom. The molecule has 4 rings (SSSR count). The molecule has 0 spiro atoms. The minimum atomic E-state index is -0.546. The Balaban J connectivity index is 1.95.